The molecule has 2 aliphatic rings. The molecular formula is C24H25N5O4S. The maximum Gasteiger partial charge on any atom is 0.150 e. The molecule has 1 aromatic carbocycles. The van der Waals surface area contributed by atoms with Crippen molar-refractivity contribution in [3.63, 3.8) is 0 Å². The molecule has 3 aromatic heterocycles. The van der Waals surface area contributed by atoms with Crippen LogP contribution in [0.25, 0.3) is 28.2 Å². The molecule has 4 aromatic rings. The number of aliphatic hydroxyl groups is 1. The van der Waals surface area contributed by atoms with E-state index in [4.69, 9.17) is 19.3 Å². The lowest BCUT2D eigenvalue weighted by molar-refractivity contribution is -0.0892. The maximum atomic E-state index is 11.1. The highest BCUT2D eigenvalue weighted by molar-refractivity contribution is 7.08. The number of methoxy groups -OCH3 is 1. The Morgan fingerprint density at radius 3 is 2.74 bits per heavy atom. The third-order valence-electron chi connectivity index (χ3n) is 6.27. The molecule has 0 aliphatic carbocycles. The van der Waals surface area contributed by atoms with Gasteiger partial charge in [0, 0.05) is 41.4 Å². The Kier molecular flexibility index (Phi) is 4.99. The SMILES string of the molecule is COc1cc2c(cc1-c1ccn(C)n1)-c1c(c(C(O)NC3(C)COC3)nn1-c1ccsc1)CO2. The molecule has 2 N–H and O–H groups in total. The molecule has 9 nitrogen and oxygen atoms in total. The minimum absolute atomic E-state index is 0.286. The van der Waals surface area contributed by atoms with Crippen molar-refractivity contribution in [3.05, 3.63) is 52.5 Å². The van der Waals surface area contributed by atoms with Crippen LogP contribution in [0.3, 0.4) is 0 Å². The summed E-state index contributed by atoms with van der Waals surface area (Å²) in [6.07, 6.45) is 0.942. The van der Waals surface area contributed by atoms with Gasteiger partial charge in [-0.3, -0.25) is 10.00 Å². The van der Waals surface area contributed by atoms with E-state index in [0.29, 0.717) is 37.0 Å². The Morgan fingerprint density at radius 1 is 1.24 bits per heavy atom. The van der Waals surface area contributed by atoms with Crippen molar-refractivity contribution >= 4 is 11.3 Å². The van der Waals surface area contributed by atoms with Gasteiger partial charge in [-0.1, -0.05) is 0 Å². The summed E-state index contributed by atoms with van der Waals surface area (Å²) in [5.41, 5.74) is 5.47. The summed E-state index contributed by atoms with van der Waals surface area (Å²) < 4.78 is 20.8. The predicted molar refractivity (Wildman–Crippen MR) is 127 cm³/mol. The first-order valence-electron chi connectivity index (χ1n) is 11.0. The van der Waals surface area contributed by atoms with Gasteiger partial charge in [0.05, 0.1) is 42.9 Å². The number of aliphatic hydroxyl groups excluding tert-OH is 1. The molecule has 1 atom stereocenters. The van der Waals surface area contributed by atoms with Gasteiger partial charge in [-0.15, -0.1) is 0 Å². The van der Waals surface area contributed by atoms with Crippen LogP contribution in [0.4, 0.5) is 0 Å². The number of thiophene rings is 1. The van der Waals surface area contributed by atoms with Crippen LogP contribution in [0, 0.1) is 0 Å². The maximum absolute atomic E-state index is 11.1. The van der Waals surface area contributed by atoms with Gasteiger partial charge in [-0.05, 0) is 30.5 Å². The Bertz CT molecular complexity index is 1360. The van der Waals surface area contributed by atoms with Crippen LogP contribution in [0.5, 0.6) is 11.5 Å². The second-order valence-corrected chi connectivity index (χ2v) is 9.70. The molecule has 0 amide bonds. The molecule has 1 saturated heterocycles. The summed E-state index contributed by atoms with van der Waals surface area (Å²) in [6, 6.07) is 7.89. The summed E-state index contributed by atoms with van der Waals surface area (Å²) in [7, 11) is 3.53. The highest BCUT2D eigenvalue weighted by Crippen LogP contribution is 2.46. The first-order valence-corrected chi connectivity index (χ1v) is 11.9. The smallest absolute Gasteiger partial charge is 0.150 e. The number of hydrogen-bond donors (Lipinski definition) is 2. The quantitative estimate of drug-likeness (QED) is 0.410. The van der Waals surface area contributed by atoms with Gasteiger partial charge in [0.1, 0.15) is 23.8 Å². The number of ether oxygens (including phenoxy) is 3. The topological polar surface area (TPSA) is 95.6 Å². The Hall–Kier alpha value is -3.18. The molecule has 34 heavy (non-hydrogen) atoms. The third-order valence-corrected chi connectivity index (χ3v) is 6.94. The van der Waals surface area contributed by atoms with Crippen molar-refractivity contribution in [2.45, 2.75) is 25.3 Å². The molecule has 5 heterocycles. The summed E-state index contributed by atoms with van der Waals surface area (Å²) in [5.74, 6) is 1.39. The van der Waals surface area contributed by atoms with E-state index in [2.05, 4.69) is 10.4 Å². The summed E-state index contributed by atoms with van der Waals surface area (Å²) in [6.45, 7) is 3.41. The monoisotopic (exact) mass is 479 g/mol. The first-order chi connectivity index (χ1) is 16.5. The average Bonchev–Trinajstić information content (AvgIpc) is 3.56. The highest BCUT2D eigenvalue weighted by Gasteiger charge is 2.38. The van der Waals surface area contributed by atoms with Crippen LogP contribution in [0.2, 0.25) is 0 Å². The number of hydrogen-bond acceptors (Lipinski definition) is 8. The summed E-state index contributed by atoms with van der Waals surface area (Å²) in [4.78, 5) is 0. The number of nitrogens with one attached hydrogen (secondary N) is 1. The molecule has 0 saturated carbocycles. The van der Waals surface area contributed by atoms with Crippen LogP contribution in [-0.2, 0) is 18.4 Å². The van der Waals surface area contributed by atoms with Crippen molar-refractivity contribution in [2.24, 2.45) is 7.05 Å². The predicted octanol–water partition coefficient (Wildman–Crippen LogP) is 3.27. The van der Waals surface area contributed by atoms with E-state index >= 15 is 0 Å². The van der Waals surface area contributed by atoms with E-state index in [9.17, 15) is 5.11 Å². The Balaban J connectivity index is 1.53. The Morgan fingerprint density at radius 2 is 2.09 bits per heavy atom. The van der Waals surface area contributed by atoms with E-state index in [1.54, 1.807) is 23.1 Å². The van der Waals surface area contributed by atoms with E-state index in [1.165, 1.54) is 0 Å². The number of aryl methyl sites for hydroxylation is 1. The highest BCUT2D eigenvalue weighted by atomic mass is 32.1. The lowest BCUT2D eigenvalue weighted by atomic mass is 9.96. The standard InChI is InChI=1S/C24H25N5O4S/c1-24(12-32-13-24)25-23(30)21-17-10-33-20-9-19(31-3)15(18-4-6-28(2)26-18)8-16(20)22(17)29(27-21)14-5-7-34-11-14/h4-9,11,23,25,30H,10,12-13H2,1-3H3. The zero-order valence-electron chi connectivity index (χ0n) is 19.1. The number of aromatic nitrogens is 4. The molecule has 0 bridgehead atoms. The molecular weight excluding hydrogens is 454 g/mol. The summed E-state index contributed by atoms with van der Waals surface area (Å²) in [5, 5.41) is 27.9. The van der Waals surface area contributed by atoms with Gasteiger partial charge in [-0.2, -0.15) is 21.5 Å². The lowest BCUT2D eigenvalue weighted by Gasteiger charge is -2.40. The zero-order chi connectivity index (χ0) is 23.4. The molecule has 176 valence electrons. The molecule has 0 spiro atoms. The minimum atomic E-state index is -0.957. The molecule has 1 unspecified atom stereocenters. The largest absolute Gasteiger partial charge is 0.496 e. The fraction of sp³-hybridized carbons (Fsp3) is 0.333. The van der Waals surface area contributed by atoms with Gasteiger partial charge >= 0.3 is 0 Å². The van der Waals surface area contributed by atoms with Crippen molar-refractivity contribution in [2.75, 3.05) is 20.3 Å². The fourth-order valence-electron chi connectivity index (χ4n) is 4.50. The van der Waals surface area contributed by atoms with Crippen LogP contribution < -0.4 is 14.8 Å². The normalized spacial score (nSPS) is 16.8. The van der Waals surface area contributed by atoms with E-state index in [-0.39, 0.29) is 5.54 Å². The van der Waals surface area contributed by atoms with Gasteiger partial charge in [-0.25, -0.2) is 4.68 Å². The number of fused-ring (bicyclic) bond motifs is 3. The number of nitrogens with zero attached hydrogens (tertiary/aromatic N) is 4. The van der Waals surface area contributed by atoms with Crippen LogP contribution in [0.15, 0.2) is 41.2 Å². The van der Waals surface area contributed by atoms with E-state index in [1.807, 2.05) is 59.9 Å². The average molecular weight is 480 g/mol. The van der Waals surface area contributed by atoms with Gasteiger partial charge in [0.15, 0.2) is 6.23 Å². The molecule has 6 rings (SSSR count). The van der Waals surface area contributed by atoms with Crippen LogP contribution >= 0.6 is 11.3 Å². The van der Waals surface area contributed by atoms with E-state index in [0.717, 1.165) is 33.8 Å². The third kappa shape index (κ3) is 3.41. The van der Waals surface area contributed by atoms with Gasteiger partial charge < -0.3 is 19.3 Å². The lowest BCUT2D eigenvalue weighted by Crippen LogP contribution is -2.59. The first kappa shape index (κ1) is 21.4. The molecule has 0 radical (unpaired) electrons. The zero-order valence-corrected chi connectivity index (χ0v) is 19.9. The van der Waals surface area contributed by atoms with Crippen molar-refractivity contribution in [1.29, 1.82) is 0 Å². The number of benzene rings is 1. The van der Waals surface area contributed by atoms with E-state index < -0.39 is 6.23 Å². The van der Waals surface area contributed by atoms with Crippen LogP contribution in [-0.4, -0.2) is 50.5 Å². The minimum Gasteiger partial charge on any atom is -0.496 e. The van der Waals surface area contributed by atoms with Gasteiger partial charge in [0.25, 0.3) is 0 Å². The second kappa shape index (κ2) is 7.95. The number of rotatable bonds is 6. The van der Waals surface area contributed by atoms with Gasteiger partial charge in [0.2, 0.25) is 0 Å². The fourth-order valence-corrected chi connectivity index (χ4v) is 5.12. The van der Waals surface area contributed by atoms with Crippen molar-refractivity contribution in [1.82, 2.24) is 24.9 Å². The molecule has 1 fully saturated rings. The Labute approximate surface area is 200 Å². The van der Waals surface area contributed by atoms with Crippen LogP contribution in [0.1, 0.15) is 24.4 Å². The molecule has 2 aliphatic heterocycles. The van der Waals surface area contributed by atoms with Crippen molar-refractivity contribution in [3.8, 4) is 39.7 Å². The molecule has 10 heteroatoms. The second-order valence-electron chi connectivity index (χ2n) is 8.92. The van der Waals surface area contributed by atoms with Crippen molar-refractivity contribution < 1.29 is 19.3 Å². The summed E-state index contributed by atoms with van der Waals surface area (Å²) >= 11 is 1.60.